The van der Waals surface area contributed by atoms with Crippen LogP contribution in [0.15, 0.2) is 42.7 Å². The molecule has 2 aromatic heterocycles. The quantitative estimate of drug-likeness (QED) is 0.632. The lowest BCUT2D eigenvalue weighted by Crippen LogP contribution is -2.44. The predicted octanol–water partition coefficient (Wildman–Crippen LogP) is 3.79. The van der Waals surface area contributed by atoms with Gasteiger partial charge in [0.15, 0.2) is 0 Å². The second-order valence-electron chi connectivity index (χ2n) is 7.94. The second kappa shape index (κ2) is 7.61. The van der Waals surface area contributed by atoms with Crippen molar-refractivity contribution in [3.05, 3.63) is 54.0 Å². The van der Waals surface area contributed by atoms with Crippen molar-refractivity contribution in [1.82, 2.24) is 14.8 Å². The summed E-state index contributed by atoms with van der Waals surface area (Å²) in [6.45, 7) is 3.77. The number of nitrogens with zero attached hydrogens (tertiary/aromatic N) is 4. The molecule has 1 saturated heterocycles. The molecule has 31 heavy (non-hydrogen) atoms. The molecule has 164 valence electrons. The first-order chi connectivity index (χ1) is 14.6. The van der Waals surface area contributed by atoms with Crippen molar-refractivity contribution in [2.24, 2.45) is 0 Å². The van der Waals surface area contributed by atoms with Gasteiger partial charge in [-0.3, -0.25) is 14.5 Å². The smallest absolute Gasteiger partial charge is 0.386 e. The SMILES string of the molecule is CC(C)(O)c1cc2nn([C@H]3CCOC3)cc2cc1N(C(=O)c1ccccn1)C(F)(F)F. The van der Waals surface area contributed by atoms with Crippen molar-refractivity contribution >= 4 is 22.5 Å². The van der Waals surface area contributed by atoms with Crippen molar-refractivity contribution < 1.29 is 27.8 Å². The maximum Gasteiger partial charge on any atom is 0.491 e. The molecule has 7 nitrogen and oxygen atoms in total. The summed E-state index contributed by atoms with van der Waals surface area (Å²) >= 11 is 0. The molecule has 1 N–H and O–H groups in total. The Morgan fingerprint density at radius 2 is 2.06 bits per heavy atom. The molecule has 1 fully saturated rings. The van der Waals surface area contributed by atoms with Crippen LogP contribution in [0.4, 0.5) is 18.9 Å². The van der Waals surface area contributed by atoms with E-state index < -0.39 is 23.5 Å². The number of fused-ring (bicyclic) bond motifs is 1. The lowest BCUT2D eigenvalue weighted by atomic mass is 9.94. The molecule has 0 spiro atoms. The number of carbonyl (C=O) groups is 1. The highest BCUT2D eigenvalue weighted by Crippen LogP contribution is 2.39. The van der Waals surface area contributed by atoms with Gasteiger partial charge in [-0.15, -0.1) is 13.2 Å². The van der Waals surface area contributed by atoms with Crippen LogP contribution in [0.1, 0.15) is 42.4 Å². The molecule has 0 bridgehead atoms. The number of anilines is 1. The molecule has 1 aromatic carbocycles. The van der Waals surface area contributed by atoms with Crippen molar-refractivity contribution in [3.63, 3.8) is 0 Å². The van der Waals surface area contributed by atoms with Crippen molar-refractivity contribution in [1.29, 1.82) is 0 Å². The first kappa shape index (κ1) is 21.3. The Balaban J connectivity index is 1.90. The van der Waals surface area contributed by atoms with Gasteiger partial charge >= 0.3 is 6.30 Å². The molecule has 0 saturated carbocycles. The van der Waals surface area contributed by atoms with Gasteiger partial charge in [-0.2, -0.15) is 5.10 Å². The molecule has 1 aliphatic heterocycles. The van der Waals surface area contributed by atoms with Crippen LogP contribution in [0.2, 0.25) is 0 Å². The minimum absolute atomic E-state index is 0.0182. The Hall–Kier alpha value is -2.98. The largest absolute Gasteiger partial charge is 0.491 e. The molecule has 0 aliphatic carbocycles. The summed E-state index contributed by atoms with van der Waals surface area (Å²) in [6, 6.07) is 6.75. The summed E-state index contributed by atoms with van der Waals surface area (Å²) in [4.78, 5) is 16.3. The van der Waals surface area contributed by atoms with E-state index in [2.05, 4.69) is 10.1 Å². The molecular formula is C21H21F3N4O3. The molecule has 1 atom stereocenters. The molecular weight excluding hydrogens is 413 g/mol. The Morgan fingerprint density at radius 3 is 2.65 bits per heavy atom. The van der Waals surface area contributed by atoms with E-state index in [4.69, 9.17) is 4.74 Å². The zero-order chi connectivity index (χ0) is 22.4. The molecule has 10 heteroatoms. The van der Waals surface area contributed by atoms with Gasteiger partial charge < -0.3 is 9.84 Å². The number of amides is 1. The number of ether oxygens (including phenoxy) is 1. The van der Waals surface area contributed by atoms with Crippen LogP contribution in [0.5, 0.6) is 0 Å². The van der Waals surface area contributed by atoms with Crippen molar-refractivity contribution in [2.75, 3.05) is 18.1 Å². The molecule has 3 aromatic rings. The van der Waals surface area contributed by atoms with E-state index >= 15 is 0 Å². The third kappa shape index (κ3) is 4.13. The molecule has 1 amide bonds. The van der Waals surface area contributed by atoms with Crippen LogP contribution in [-0.2, 0) is 10.3 Å². The van der Waals surface area contributed by atoms with E-state index in [1.54, 1.807) is 10.9 Å². The fourth-order valence-electron chi connectivity index (χ4n) is 3.64. The van der Waals surface area contributed by atoms with Crippen LogP contribution < -0.4 is 4.90 Å². The Kier molecular flexibility index (Phi) is 5.22. The highest BCUT2D eigenvalue weighted by atomic mass is 19.4. The number of aliphatic hydroxyl groups is 1. The monoisotopic (exact) mass is 434 g/mol. The highest BCUT2D eigenvalue weighted by Gasteiger charge is 2.45. The number of hydrogen-bond acceptors (Lipinski definition) is 5. The van der Waals surface area contributed by atoms with E-state index in [1.807, 2.05) is 0 Å². The minimum atomic E-state index is -5.04. The standard InChI is InChI=1S/C21H21F3N4O3/c1-20(2,30)15-10-17-13(11-27(26-17)14-6-8-31-12-14)9-18(15)28(21(22,23)24)19(29)16-5-3-4-7-25-16/h3-5,7,9-11,14,30H,6,8,12H2,1-2H3/t14-/m0/s1. The van der Waals surface area contributed by atoms with Gasteiger partial charge in [0.25, 0.3) is 5.91 Å². The summed E-state index contributed by atoms with van der Waals surface area (Å²) in [7, 11) is 0. The average Bonchev–Trinajstić information content (AvgIpc) is 3.35. The minimum Gasteiger partial charge on any atom is -0.386 e. The maximum atomic E-state index is 14.1. The second-order valence-corrected chi connectivity index (χ2v) is 7.94. The summed E-state index contributed by atoms with van der Waals surface area (Å²) in [5, 5.41) is 15.5. The van der Waals surface area contributed by atoms with Crippen LogP contribution in [0, 0.1) is 0 Å². The van der Waals surface area contributed by atoms with E-state index in [9.17, 15) is 23.1 Å². The van der Waals surface area contributed by atoms with Crippen molar-refractivity contribution in [2.45, 2.75) is 38.2 Å². The topological polar surface area (TPSA) is 80.5 Å². The van der Waals surface area contributed by atoms with E-state index in [0.717, 1.165) is 6.42 Å². The van der Waals surface area contributed by atoms with E-state index in [-0.39, 0.29) is 22.2 Å². The van der Waals surface area contributed by atoms with Crippen LogP contribution in [-0.4, -0.2) is 45.3 Å². The molecule has 0 radical (unpaired) electrons. The van der Waals surface area contributed by atoms with E-state index in [0.29, 0.717) is 24.1 Å². The number of benzene rings is 1. The number of halogens is 3. The third-order valence-electron chi connectivity index (χ3n) is 5.16. The van der Waals surface area contributed by atoms with Crippen LogP contribution in [0.3, 0.4) is 0 Å². The van der Waals surface area contributed by atoms with Gasteiger partial charge in [-0.25, -0.2) is 4.90 Å². The summed E-state index contributed by atoms with van der Waals surface area (Å²) in [5.41, 5.74) is -2.15. The highest BCUT2D eigenvalue weighted by molar-refractivity contribution is 6.06. The van der Waals surface area contributed by atoms with Crippen molar-refractivity contribution in [3.8, 4) is 0 Å². The van der Waals surface area contributed by atoms with Gasteiger partial charge in [0.2, 0.25) is 0 Å². The predicted molar refractivity (Wildman–Crippen MR) is 107 cm³/mol. The fraction of sp³-hybridized carbons (Fsp3) is 0.381. The molecule has 0 unspecified atom stereocenters. The molecule has 4 rings (SSSR count). The van der Waals surface area contributed by atoms with Gasteiger partial charge in [0.1, 0.15) is 5.69 Å². The Morgan fingerprint density at radius 1 is 1.29 bits per heavy atom. The molecule has 3 heterocycles. The number of carbonyl (C=O) groups excluding carboxylic acids is 1. The van der Waals surface area contributed by atoms with Crippen LogP contribution in [0.25, 0.3) is 10.9 Å². The average molecular weight is 434 g/mol. The summed E-state index contributed by atoms with van der Waals surface area (Å²) in [5.74, 6) is -1.34. The van der Waals surface area contributed by atoms with Crippen LogP contribution >= 0.6 is 0 Å². The van der Waals surface area contributed by atoms with E-state index in [1.165, 1.54) is 50.4 Å². The number of rotatable bonds is 4. The third-order valence-corrected chi connectivity index (χ3v) is 5.16. The number of aromatic nitrogens is 3. The molecule has 1 aliphatic rings. The zero-order valence-corrected chi connectivity index (χ0v) is 16.9. The summed E-state index contributed by atoms with van der Waals surface area (Å²) in [6.07, 6.45) is -1.43. The maximum absolute atomic E-state index is 14.1. The Labute approximate surface area is 176 Å². The lowest BCUT2D eigenvalue weighted by molar-refractivity contribution is -0.122. The summed E-state index contributed by atoms with van der Waals surface area (Å²) < 4.78 is 49.4. The number of pyridine rings is 1. The zero-order valence-electron chi connectivity index (χ0n) is 16.9. The van der Waals surface area contributed by atoms with Gasteiger partial charge in [0.05, 0.1) is 29.5 Å². The number of alkyl halides is 3. The van der Waals surface area contributed by atoms with Gasteiger partial charge in [-0.1, -0.05) is 6.07 Å². The first-order valence-electron chi connectivity index (χ1n) is 9.71. The number of hydrogen-bond donors (Lipinski definition) is 1. The normalized spacial score (nSPS) is 17.3. The van der Waals surface area contributed by atoms with Gasteiger partial charge in [0, 0.05) is 30.0 Å². The first-order valence-corrected chi connectivity index (χ1v) is 9.71. The fourth-order valence-corrected chi connectivity index (χ4v) is 3.64. The Bertz CT molecular complexity index is 1100. The lowest BCUT2D eigenvalue weighted by Gasteiger charge is -2.30. The van der Waals surface area contributed by atoms with Gasteiger partial charge in [-0.05, 0) is 44.5 Å².